The van der Waals surface area contributed by atoms with E-state index < -0.39 is 0 Å². The molecule has 1 atom stereocenters. The number of imidazole rings is 1. The molecular formula is C17H25N5. The van der Waals surface area contributed by atoms with E-state index in [0.717, 1.165) is 30.8 Å². The second-order valence-corrected chi connectivity index (χ2v) is 6.54. The van der Waals surface area contributed by atoms with Crippen LogP contribution in [0.2, 0.25) is 0 Å². The van der Waals surface area contributed by atoms with Crippen LogP contribution in [0.3, 0.4) is 0 Å². The van der Waals surface area contributed by atoms with E-state index in [0.29, 0.717) is 12.0 Å². The highest BCUT2D eigenvalue weighted by Gasteiger charge is 2.29. The molecule has 2 fully saturated rings. The molecule has 118 valence electrons. The van der Waals surface area contributed by atoms with Gasteiger partial charge in [-0.1, -0.05) is 6.92 Å². The zero-order valence-corrected chi connectivity index (χ0v) is 13.3. The van der Waals surface area contributed by atoms with Crippen LogP contribution in [0.25, 0.3) is 11.2 Å². The fraction of sp³-hybridized carbons (Fsp3) is 0.647. The van der Waals surface area contributed by atoms with Crippen LogP contribution in [0.5, 0.6) is 0 Å². The summed E-state index contributed by atoms with van der Waals surface area (Å²) >= 11 is 0. The molecule has 2 saturated heterocycles. The second-order valence-electron chi connectivity index (χ2n) is 6.54. The summed E-state index contributed by atoms with van der Waals surface area (Å²) in [6.07, 6.45) is 5.52. The van der Waals surface area contributed by atoms with E-state index in [9.17, 15) is 0 Å². The third kappa shape index (κ3) is 2.42. The third-order valence-electron chi connectivity index (χ3n) is 5.27. The van der Waals surface area contributed by atoms with E-state index in [1.165, 1.54) is 38.2 Å². The SMILES string of the molecule is CCN1CCC(n2c(C3CCNC3)nc3cccnc32)CC1. The third-order valence-corrected chi connectivity index (χ3v) is 5.27. The van der Waals surface area contributed by atoms with Gasteiger partial charge in [0.1, 0.15) is 11.3 Å². The largest absolute Gasteiger partial charge is 0.316 e. The molecule has 2 aliphatic heterocycles. The molecule has 2 aromatic heterocycles. The molecule has 0 bridgehead atoms. The average Bonchev–Trinajstić information content (AvgIpc) is 3.22. The van der Waals surface area contributed by atoms with E-state index in [1.54, 1.807) is 0 Å². The summed E-state index contributed by atoms with van der Waals surface area (Å²) in [5, 5.41) is 3.48. The molecule has 0 aromatic carbocycles. The van der Waals surface area contributed by atoms with Gasteiger partial charge in [-0.05, 0) is 44.5 Å². The maximum absolute atomic E-state index is 4.96. The minimum absolute atomic E-state index is 0.540. The van der Waals surface area contributed by atoms with Crippen LogP contribution < -0.4 is 5.32 Å². The lowest BCUT2D eigenvalue weighted by molar-refractivity contribution is 0.194. The van der Waals surface area contributed by atoms with Crippen LogP contribution >= 0.6 is 0 Å². The Bertz CT molecular complexity index is 636. The monoisotopic (exact) mass is 299 g/mol. The van der Waals surface area contributed by atoms with Crippen molar-refractivity contribution < 1.29 is 0 Å². The topological polar surface area (TPSA) is 46.0 Å². The molecule has 4 heterocycles. The quantitative estimate of drug-likeness (QED) is 0.943. The van der Waals surface area contributed by atoms with Gasteiger partial charge in [-0.2, -0.15) is 0 Å². The number of hydrogen-bond donors (Lipinski definition) is 1. The maximum Gasteiger partial charge on any atom is 0.160 e. The van der Waals surface area contributed by atoms with E-state index in [2.05, 4.69) is 32.8 Å². The van der Waals surface area contributed by atoms with Crippen molar-refractivity contribution in [2.75, 3.05) is 32.7 Å². The number of rotatable bonds is 3. The second kappa shape index (κ2) is 5.97. The number of nitrogens with one attached hydrogen (secondary N) is 1. The summed E-state index contributed by atoms with van der Waals surface area (Å²) in [6, 6.07) is 4.65. The molecular weight excluding hydrogens is 274 g/mol. The van der Waals surface area contributed by atoms with Gasteiger partial charge in [0.05, 0.1) is 0 Å². The zero-order valence-electron chi connectivity index (χ0n) is 13.3. The van der Waals surface area contributed by atoms with Crippen molar-refractivity contribution in [3.63, 3.8) is 0 Å². The summed E-state index contributed by atoms with van der Waals surface area (Å²) in [7, 11) is 0. The Kier molecular flexibility index (Phi) is 3.84. The van der Waals surface area contributed by atoms with Gasteiger partial charge >= 0.3 is 0 Å². The van der Waals surface area contributed by atoms with Crippen LogP contribution in [-0.4, -0.2) is 52.2 Å². The number of nitrogens with zero attached hydrogens (tertiary/aromatic N) is 4. The normalized spacial score (nSPS) is 24.3. The lowest BCUT2D eigenvalue weighted by Crippen LogP contribution is -2.35. The van der Waals surface area contributed by atoms with E-state index in [-0.39, 0.29) is 0 Å². The number of fused-ring (bicyclic) bond motifs is 1. The Morgan fingerprint density at radius 3 is 2.86 bits per heavy atom. The van der Waals surface area contributed by atoms with Gasteiger partial charge in [-0.15, -0.1) is 0 Å². The number of pyridine rings is 1. The Hall–Kier alpha value is -1.46. The van der Waals surface area contributed by atoms with Crippen molar-refractivity contribution in [2.24, 2.45) is 0 Å². The maximum atomic E-state index is 4.96. The van der Waals surface area contributed by atoms with Crippen LogP contribution in [0.4, 0.5) is 0 Å². The predicted octanol–water partition coefficient (Wildman–Crippen LogP) is 2.17. The molecule has 2 aromatic rings. The van der Waals surface area contributed by atoms with Crippen molar-refractivity contribution in [3.05, 3.63) is 24.2 Å². The first-order valence-corrected chi connectivity index (χ1v) is 8.62. The first-order valence-electron chi connectivity index (χ1n) is 8.62. The highest BCUT2D eigenvalue weighted by atomic mass is 15.2. The lowest BCUT2D eigenvalue weighted by atomic mass is 10.0. The van der Waals surface area contributed by atoms with Gasteiger partial charge < -0.3 is 14.8 Å². The van der Waals surface area contributed by atoms with Gasteiger partial charge in [0.25, 0.3) is 0 Å². The average molecular weight is 299 g/mol. The van der Waals surface area contributed by atoms with Crippen molar-refractivity contribution in [1.82, 2.24) is 24.8 Å². The number of likely N-dealkylation sites (tertiary alicyclic amines) is 1. The van der Waals surface area contributed by atoms with Gasteiger partial charge in [-0.25, -0.2) is 9.97 Å². The fourth-order valence-electron chi connectivity index (χ4n) is 3.96. The van der Waals surface area contributed by atoms with E-state index >= 15 is 0 Å². The van der Waals surface area contributed by atoms with Crippen molar-refractivity contribution in [3.8, 4) is 0 Å². The molecule has 0 spiro atoms. The molecule has 1 N–H and O–H groups in total. The van der Waals surface area contributed by atoms with Crippen LogP contribution in [0.15, 0.2) is 18.3 Å². The fourth-order valence-corrected chi connectivity index (χ4v) is 3.96. The van der Waals surface area contributed by atoms with Gasteiger partial charge in [0, 0.05) is 37.8 Å². The molecule has 4 rings (SSSR count). The van der Waals surface area contributed by atoms with Crippen LogP contribution in [0.1, 0.15) is 44.0 Å². The molecule has 2 aliphatic rings. The molecule has 1 unspecified atom stereocenters. The van der Waals surface area contributed by atoms with E-state index in [1.807, 2.05) is 12.3 Å². The molecule has 5 nitrogen and oxygen atoms in total. The van der Waals surface area contributed by atoms with Gasteiger partial charge in [0.2, 0.25) is 0 Å². The molecule has 0 radical (unpaired) electrons. The van der Waals surface area contributed by atoms with E-state index in [4.69, 9.17) is 4.98 Å². The molecule has 22 heavy (non-hydrogen) atoms. The number of aromatic nitrogens is 3. The Labute approximate surface area is 131 Å². The number of piperidine rings is 1. The van der Waals surface area contributed by atoms with Gasteiger partial charge in [0.15, 0.2) is 5.65 Å². The molecule has 0 saturated carbocycles. The Morgan fingerprint density at radius 2 is 2.14 bits per heavy atom. The minimum Gasteiger partial charge on any atom is -0.316 e. The summed E-state index contributed by atoms with van der Waals surface area (Å²) in [5.41, 5.74) is 2.14. The number of hydrogen-bond acceptors (Lipinski definition) is 4. The summed E-state index contributed by atoms with van der Waals surface area (Å²) < 4.78 is 2.47. The highest BCUT2D eigenvalue weighted by molar-refractivity contribution is 5.71. The standard InChI is InChI=1S/C17H25N5/c1-2-21-10-6-14(7-11-21)22-16(13-5-9-18-12-13)20-15-4-3-8-19-17(15)22/h3-4,8,13-14,18H,2,5-7,9-12H2,1H3. The first kappa shape index (κ1) is 14.2. The predicted molar refractivity (Wildman–Crippen MR) is 88.1 cm³/mol. The highest BCUT2D eigenvalue weighted by Crippen LogP contribution is 2.32. The first-order chi connectivity index (χ1) is 10.9. The Morgan fingerprint density at radius 1 is 1.27 bits per heavy atom. The van der Waals surface area contributed by atoms with Crippen molar-refractivity contribution in [1.29, 1.82) is 0 Å². The summed E-state index contributed by atoms with van der Waals surface area (Å²) in [4.78, 5) is 12.2. The molecule has 0 amide bonds. The van der Waals surface area contributed by atoms with Crippen molar-refractivity contribution in [2.45, 2.75) is 38.1 Å². The van der Waals surface area contributed by atoms with Gasteiger partial charge in [-0.3, -0.25) is 0 Å². The van der Waals surface area contributed by atoms with Crippen LogP contribution in [-0.2, 0) is 0 Å². The lowest BCUT2D eigenvalue weighted by Gasteiger charge is -2.33. The minimum atomic E-state index is 0.540. The summed E-state index contributed by atoms with van der Waals surface area (Å²) in [5.74, 6) is 1.80. The zero-order chi connectivity index (χ0) is 14.9. The molecule has 5 heteroatoms. The Balaban J connectivity index is 1.72. The molecule has 0 aliphatic carbocycles. The van der Waals surface area contributed by atoms with Crippen molar-refractivity contribution >= 4 is 11.2 Å². The van der Waals surface area contributed by atoms with Crippen LogP contribution in [0, 0.1) is 0 Å². The summed E-state index contributed by atoms with van der Waals surface area (Å²) in [6.45, 7) is 7.96. The smallest absolute Gasteiger partial charge is 0.160 e.